The maximum atomic E-state index is 13.6. The van der Waals surface area contributed by atoms with Crippen molar-refractivity contribution in [3.63, 3.8) is 0 Å². The fourth-order valence-corrected chi connectivity index (χ4v) is 4.75. The average molecular weight is 570 g/mol. The van der Waals surface area contributed by atoms with Crippen LogP contribution in [-0.4, -0.2) is 31.1 Å². The zero-order valence-corrected chi connectivity index (χ0v) is 20.8. The minimum Gasteiger partial charge on any atom is -0.493 e. The monoisotopic (exact) mass is 570 g/mol. The van der Waals surface area contributed by atoms with E-state index in [4.69, 9.17) is 21.7 Å². The third kappa shape index (κ3) is 4.36. The molecule has 0 bridgehead atoms. The number of nitrogens with zero attached hydrogens (tertiary/aromatic N) is 2. The molecule has 6 nitrogen and oxygen atoms in total. The van der Waals surface area contributed by atoms with Crippen LogP contribution in [0.5, 0.6) is 11.5 Å². The summed E-state index contributed by atoms with van der Waals surface area (Å²) in [4.78, 5) is 29.9. The molecule has 0 saturated carbocycles. The van der Waals surface area contributed by atoms with E-state index in [1.165, 1.54) is 16.9 Å². The third-order valence-electron chi connectivity index (χ3n) is 5.05. The lowest BCUT2D eigenvalue weighted by Gasteiger charge is -2.36. The fourth-order valence-electron chi connectivity index (χ4n) is 3.53. The zero-order valence-electron chi connectivity index (χ0n) is 17.8. The Morgan fingerprint density at radius 2 is 1.33 bits per heavy atom. The maximum absolute atomic E-state index is 13.6. The van der Waals surface area contributed by atoms with Crippen LogP contribution in [0.2, 0.25) is 0 Å². The predicted octanol–water partition coefficient (Wildman–Crippen LogP) is 5.06. The Morgan fingerprint density at radius 1 is 0.818 bits per heavy atom. The van der Waals surface area contributed by atoms with Crippen LogP contribution in [0.1, 0.15) is 5.56 Å². The van der Waals surface area contributed by atoms with E-state index in [0.717, 1.165) is 3.57 Å². The molecule has 33 heavy (non-hydrogen) atoms. The van der Waals surface area contributed by atoms with Gasteiger partial charge in [-0.15, -0.1) is 0 Å². The molecule has 0 N–H and O–H groups in total. The highest BCUT2D eigenvalue weighted by molar-refractivity contribution is 14.1. The summed E-state index contributed by atoms with van der Waals surface area (Å²) in [6, 6.07) is 21.6. The molecule has 1 saturated heterocycles. The molecule has 1 aliphatic heterocycles. The number of carbonyl (C=O) groups excluding carboxylic acids is 2. The van der Waals surface area contributed by atoms with E-state index in [-0.39, 0.29) is 10.7 Å². The van der Waals surface area contributed by atoms with E-state index in [1.807, 2.05) is 42.5 Å². The number of ether oxygens (including phenoxy) is 2. The number of amides is 2. The summed E-state index contributed by atoms with van der Waals surface area (Å²) in [5.41, 5.74) is 1.77. The van der Waals surface area contributed by atoms with Crippen molar-refractivity contribution in [2.24, 2.45) is 0 Å². The first-order valence-electron chi connectivity index (χ1n) is 9.92. The molecule has 0 aromatic heterocycles. The van der Waals surface area contributed by atoms with Crippen molar-refractivity contribution < 1.29 is 19.1 Å². The fraction of sp³-hybridized carbons (Fsp3) is 0.0800. The minimum atomic E-state index is -0.492. The van der Waals surface area contributed by atoms with Crippen LogP contribution in [0, 0.1) is 3.57 Å². The zero-order chi connectivity index (χ0) is 23.5. The highest BCUT2D eigenvalue weighted by Crippen LogP contribution is 2.35. The van der Waals surface area contributed by atoms with Gasteiger partial charge in [0.05, 0.1) is 29.2 Å². The lowest BCUT2D eigenvalue weighted by atomic mass is 10.0. The van der Waals surface area contributed by atoms with Gasteiger partial charge in [-0.05, 0) is 82.8 Å². The van der Waals surface area contributed by atoms with E-state index >= 15 is 0 Å². The number of rotatable bonds is 5. The van der Waals surface area contributed by atoms with Gasteiger partial charge in [0.25, 0.3) is 11.8 Å². The SMILES string of the molecule is COc1cc(C=C2C(=O)N(c3ccccc3)C(=S)N(c3ccccc3)C2=O)cc(I)c1OC. The molecule has 1 fully saturated rings. The van der Waals surface area contributed by atoms with Gasteiger partial charge in [0.1, 0.15) is 5.57 Å². The lowest BCUT2D eigenvalue weighted by Crippen LogP contribution is -2.56. The summed E-state index contributed by atoms with van der Waals surface area (Å²) >= 11 is 7.75. The van der Waals surface area contributed by atoms with Crippen LogP contribution in [-0.2, 0) is 9.59 Å². The molecule has 3 aromatic rings. The topological polar surface area (TPSA) is 59.1 Å². The molecule has 0 radical (unpaired) electrons. The Bertz CT molecular complexity index is 1200. The quantitative estimate of drug-likeness (QED) is 0.186. The summed E-state index contributed by atoms with van der Waals surface area (Å²) in [5, 5.41) is 0.0986. The van der Waals surface area contributed by atoms with Gasteiger partial charge in [-0.3, -0.25) is 19.4 Å². The van der Waals surface area contributed by atoms with Crippen LogP contribution in [0.15, 0.2) is 78.4 Å². The van der Waals surface area contributed by atoms with E-state index < -0.39 is 11.8 Å². The van der Waals surface area contributed by atoms with Crippen LogP contribution >= 0.6 is 34.8 Å². The highest BCUT2D eigenvalue weighted by atomic mass is 127. The number of benzene rings is 3. The number of carbonyl (C=O) groups is 2. The molecule has 0 atom stereocenters. The first-order valence-corrected chi connectivity index (χ1v) is 11.4. The van der Waals surface area contributed by atoms with Crippen molar-refractivity contribution in [3.8, 4) is 11.5 Å². The Kier molecular flexibility index (Phi) is 6.75. The van der Waals surface area contributed by atoms with Crippen molar-refractivity contribution in [1.82, 2.24) is 0 Å². The van der Waals surface area contributed by atoms with E-state index in [1.54, 1.807) is 43.5 Å². The maximum Gasteiger partial charge on any atom is 0.270 e. The highest BCUT2D eigenvalue weighted by Gasteiger charge is 2.41. The summed E-state index contributed by atoms with van der Waals surface area (Å²) in [5.74, 6) is 0.100. The second-order valence-corrected chi connectivity index (χ2v) is 8.56. The van der Waals surface area contributed by atoms with Gasteiger partial charge in [0.2, 0.25) is 0 Å². The summed E-state index contributed by atoms with van der Waals surface area (Å²) in [6.45, 7) is 0. The number of hydrogen-bond donors (Lipinski definition) is 0. The first kappa shape index (κ1) is 22.9. The summed E-state index contributed by atoms with van der Waals surface area (Å²) in [7, 11) is 3.09. The number of methoxy groups -OCH3 is 2. The van der Waals surface area contributed by atoms with Gasteiger partial charge in [-0.1, -0.05) is 36.4 Å². The van der Waals surface area contributed by atoms with Gasteiger partial charge < -0.3 is 9.47 Å². The van der Waals surface area contributed by atoms with Gasteiger partial charge in [-0.25, -0.2) is 0 Å². The van der Waals surface area contributed by atoms with Crippen LogP contribution < -0.4 is 19.3 Å². The molecule has 1 heterocycles. The number of hydrogen-bond acceptors (Lipinski definition) is 5. The number of para-hydroxylation sites is 2. The Balaban J connectivity index is 1.88. The molecule has 8 heteroatoms. The van der Waals surface area contributed by atoms with Crippen LogP contribution in [0.4, 0.5) is 11.4 Å². The smallest absolute Gasteiger partial charge is 0.270 e. The van der Waals surface area contributed by atoms with Crippen molar-refractivity contribution in [1.29, 1.82) is 0 Å². The average Bonchev–Trinajstić information content (AvgIpc) is 2.83. The van der Waals surface area contributed by atoms with Gasteiger partial charge >= 0.3 is 0 Å². The van der Waals surface area contributed by atoms with Crippen molar-refractivity contribution in [3.05, 3.63) is 87.5 Å². The largest absolute Gasteiger partial charge is 0.493 e. The van der Waals surface area contributed by atoms with Gasteiger partial charge in [-0.2, -0.15) is 0 Å². The van der Waals surface area contributed by atoms with Crippen molar-refractivity contribution in [2.45, 2.75) is 0 Å². The van der Waals surface area contributed by atoms with Crippen molar-refractivity contribution >= 4 is 69.2 Å². The summed E-state index contributed by atoms with van der Waals surface area (Å²) in [6.07, 6.45) is 1.56. The number of anilines is 2. The van der Waals surface area contributed by atoms with Crippen LogP contribution in [0.25, 0.3) is 6.08 Å². The molecule has 4 rings (SSSR count). The second kappa shape index (κ2) is 9.72. The first-order chi connectivity index (χ1) is 16.0. The molecular formula is C25H19IN2O4S. The Morgan fingerprint density at radius 3 is 1.79 bits per heavy atom. The molecule has 0 spiro atoms. The molecule has 0 unspecified atom stereocenters. The summed E-state index contributed by atoms with van der Waals surface area (Å²) < 4.78 is 11.6. The molecule has 166 valence electrons. The van der Waals surface area contributed by atoms with E-state index in [2.05, 4.69) is 22.6 Å². The predicted molar refractivity (Wildman–Crippen MR) is 141 cm³/mol. The molecule has 1 aliphatic rings. The molecule has 0 aliphatic carbocycles. The minimum absolute atomic E-state index is 0.0145. The van der Waals surface area contributed by atoms with E-state index in [9.17, 15) is 9.59 Å². The van der Waals surface area contributed by atoms with E-state index in [0.29, 0.717) is 28.4 Å². The van der Waals surface area contributed by atoms with Crippen LogP contribution in [0.3, 0.4) is 0 Å². The Hall–Kier alpha value is -3.24. The number of halogens is 1. The third-order valence-corrected chi connectivity index (χ3v) is 6.21. The standard InChI is InChI=1S/C25H19IN2O4S/c1-31-21-15-16(14-20(26)22(21)32-2)13-19-23(29)27(17-9-5-3-6-10-17)25(33)28(24(19)30)18-11-7-4-8-12-18/h3-15H,1-2H3. The van der Waals surface area contributed by atoms with Gasteiger partial charge in [0, 0.05) is 0 Å². The normalized spacial score (nSPS) is 13.9. The Labute approximate surface area is 210 Å². The van der Waals surface area contributed by atoms with Gasteiger partial charge in [0.15, 0.2) is 16.6 Å². The lowest BCUT2D eigenvalue weighted by molar-refractivity contribution is -0.120. The molecule has 2 amide bonds. The van der Waals surface area contributed by atoms with Crippen molar-refractivity contribution in [2.75, 3.05) is 24.0 Å². The molecular weight excluding hydrogens is 551 g/mol. The molecule has 3 aromatic carbocycles. The number of thiocarbonyl (C=S) groups is 1. The second-order valence-electron chi connectivity index (χ2n) is 7.03.